The van der Waals surface area contributed by atoms with Crippen molar-refractivity contribution in [2.45, 2.75) is 26.4 Å². The lowest BCUT2D eigenvalue weighted by Crippen LogP contribution is -2.20. The number of fused-ring (bicyclic) bond motifs is 2. The molecule has 0 saturated carbocycles. The molecular formula is C28H22Br2ClN3O4. The Balaban J connectivity index is 1.67. The van der Waals surface area contributed by atoms with Crippen LogP contribution in [0.5, 0.6) is 11.5 Å². The van der Waals surface area contributed by atoms with Gasteiger partial charge in [0.25, 0.3) is 5.56 Å². The Kier molecular flexibility index (Phi) is 7.61. The van der Waals surface area contributed by atoms with Crippen LogP contribution < -0.4 is 15.0 Å². The molecule has 1 atom stereocenters. The van der Waals surface area contributed by atoms with Gasteiger partial charge in [0.15, 0.2) is 17.3 Å². The van der Waals surface area contributed by atoms with Crippen molar-refractivity contribution in [1.82, 2.24) is 9.66 Å². The second-order valence-corrected chi connectivity index (χ2v) is 10.7. The van der Waals surface area contributed by atoms with Crippen LogP contribution in [-0.4, -0.2) is 29.1 Å². The van der Waals surface area contributed by atoms with Gasteiger partial charge in [-0.05, 0) is 71.7 Å². The van der Waals surface area contributed by atoms with Gasteiger partial charge in [-0.25, -0.2) is 4.98 Å². The Labute approximate surface area is 240 Å². The summed E-state index contributed by atoms with van der Waals surface area (Å²) in [7, 11) is 1.54. The van der Waals surface area contributed by atoms with Gasteiger partial charge in [-0.15, -0.1) is 0 Å². The van der Waals surface area contributed by atoms with E-state index in [4.69, 9.17) is 30.5 Å². The third-order valence-electron chi connectivity index (χ3n) is 6.03. The minimum Gasteiger partial charge on any atom is -0.493 e. The number of furan rings is 1. The number of aromatic nitrogens is 2. The van der Waals surface area contributed by atoms with E-state index >= 15 is 0 Å². The van der Waals surface area contributed by atoms with E-state index in [1.807, 2.05) is 44.2 Å². The maximum atomic E-state index is 13.6. The molecule has 2 heterocycles. The minimum absolute atomic E-state index is 0.0536. The molecular weight excluding hydrogens is 638 g/mol. The number of halogens is 3. The Bertz CT molecular complexity index is 1760. The summed E-state index contributed by atoms with van der Waals surface area (Å²) in [5.74, 6) is 1.56. The van der Waals surface area contributed by atoms with Crippen molar-refractivity contribution in [2.24, 2.45) is 5.10 Å². The van der Waals surface area contributed by atoms with Crippen molar-refractivity contribution in [3.8, 4) is 23.1 Å². The van der Waals surface area contributed by atoms with E-state index in [2.05, 4.69) is 37.0 Å². The fourth-order valence-corrected chi connectivity index (χ4v) is 4.90. The normalized spacial score (nSPS) is 12.5. The molecule has 3 aromatic carbocycles. The molecule has 0 radical (unpaired) electrons. The van der Waals surface area contributed by atoms with E-state index in [-0.39, 0.29) is 17.5 Å². The van der Waals surface area contributed by atoms with Crippen molar-refractivity contribution in [1.29, 1.82) is 0 Å². The lowest BCUT2D eigenvalue weighted by Gasteiger charge is -2.18. The van der Waals surface area contributed by atoms with Crippen molar-refractivity contribution < 1.29 is 13.9 Å². The third-order valence-corrected chi connectivity index (χ3v) is 7.97. The minimum atomic E-state index is -0.339. The molecule has 0 amide bonds. The summed E-state index contributed by atoms with van der Waals surface area (Å²) in [6.07, 6.45) is 2.27. The molecule has 0 aliphatic carbocycles. The largest absolute Gasteiger partial charge is 0.493 e. The van der Waals surface area contributed by atoms with Gasteiger partial charge in [0, 0.05) is 19.9 Å². The third kappa shape index (κ3) is 4.98. The van der Waals surface area contributed by atoms with Gasteiger partial charge in [-0.3, -0.25) is 4.79 Å². The van der Waals surface area contributed by atoms with Crippen LogP contribution in [-0.2, 0) is 0 Å². The molecule has 0 spiro atoms. The van der Waals surface area contributed by atoms with E-state index in [0.717, 1.165) is 16.3 Å². The van der Waals surface area contributed by atoms with Crippen LogP contribution in [0.2, 0.25) is 5.02 Å². The number of hydrogen-bond donors (Lipinski definition) is 0. The van der Waals surface area contributed by atoms with E-state index in [9.17, 15) is 4.79 Å². The zero-order valence-electron chi connectivity index (χ0n) is 20.7. The number of hydrogen-bond acceptors (Lipinski definition) is 6. The Hall–Kier alpha value is -3.14. The molecule has 0 bridgehead atoms. The molecule has 0 aliphatic rings. The van der Waals surface area contributed by atoms with Crippen molar-refractivity contribution >= 4 is 71.5 Å². The summed E-state index contributed by atoms with van der Waals surface area (Å²) >= 11 is 13.7. The van der Waals surface area contributed by atoms with E-state index in [1.54, 1.807) is 31.4 Å². The second kappa shape index (κ2) is 10.9. The number of rotatable bonds is 7. The van der Waals surface area contributed by atoms with Gasteiger partial charge in [-0.1, -0.05) is 46.6 Å². The van der Waals surface area contributed by atoms with Gasteiger partial charge in [-0.2, -0.15) is 9.78 Å². The molecule has 2 aromatic heterocycles. The van der Waals surface area contributed by atoms with Crippen LogP contribution in [0, 0.1) is 0 Å². The zero-order valence-corrected chi connectivity index (χ0v) is 24.6. The van der Waals surface area contributed by atoms with Crippen LogP contribution in [0.1, 0.15) is 25.8 Å². The SMILES string of the molecule is CC[C@H](C)Oc1c(OC)cc(C=Nn2c(-c3cc4cc(Br)ccc4o3)nc3ccccc3c2=O)c(Br)c1Cl. The molecule has 10 heteroatoms. The average molecular weight is 660 g/mol. The highest BCUT2D eigenvalue weighted by atomic mass is 79.9. The first-order chi connectivity index (χ1) is 18.3. The number of benzene rings is 3. The first kappa shape index (κ1) is 26.5. The zero-order chi connectivity index (χ0) is 27.0. The van der Waals surface area contributed by atoms with Crippen LogP contribution in [0.3, 0.4) is 0 Å². The van der Waals surface area contributed by atoms with Crippen LogP contribution in [0.25, 0.3) is 33.5 Å². The van der Waals surface area contributed by atoms with E-state index in [1.165, 1.54) is 10.9 Å². The molecule has 5 rings (SSSR count). The highest BCUT2D eigenvalue weighted by Crippen LogP contribution is 2.42. The maximum absolute atomic E-state index is 13.6. The number of nitrogens with zero attached hydrogens (tertiary/aromatic N) is 3. The first-order valence-electron chi connectivity index (χ1n) is 11.8. The number of para-hydroxylation sites is 1. The monoisotopic (exact) mass is 657 g/mol. The second-order valence-electron chi connectivity index (χ2n) is 8.57. The first-order valence-corrected chi connectivity index (χ1v) is 13.7. The Morgan fingerprint density at radius 1 is 1.18 bits per heavy atom. The van der Waals surface area contributed by atoms with E-state index < -0.39 is 0 Å². The van der Waals surface area contributed by atoms with Crippen molar-refractivity contribution in [3.63, 3.8) is 0 Å². The van der Waals surface area contributed by atoms with Crippen molar-refractivity contribution in [2.75, 3.05) is 7.11 Å². The molecule has 38 heavy (non-hydrogen) atoms. The maximum Gasteiger partial charge on any atom is 0.282 e. The summed E-state index contributed by atoms with van der Waals surface area (Å²) in [5, 5.41) is 6.18. The fraction of sp³-hybridized carbons (Fsp3) is 0.179. The lowest BCUT2D eigenvalue weighted by atomic mass is 10.2. The standard InChI is InChI=1S/C28H22Br2ClN3O4/c1-4-15(2)37-26-22(36-3)13-17(24(30)25(26)31)14-32-34-27(33-20-8-6-5-7-19(20)28(34)35)23-12-16-11-18(29)9-10-21(16)38-23/h5-15H,4H2,1-3H3/t15-/m0/s1. The van der Waals surface area contributed by atoms with Gasteiger partial charge in [0.2, 0.25) is 5.82 Å². The van der Waals surface area contributed by atoms with Crippen molar-refractivity contribution in [3.05, 3.63) is 84.5 Å². The van der Waals surface area contributed by atoms with Crippen LogP contribution >= 0.6 is 43.5 Å². The molecule has 7 nitrogen and oxygen atoms in total. The summed E-state index contributed by atoms with van der Waals surface area (Å²) in [6.45, 7) is 3.98. The Morgan fingerprint density at radius 2 is 1.97 bits per heavy atom. The highest BCUT2D eigenvalue weighted by molar-refractivity contribution is 9.10. The predicted octanol–water partition coefficient (Wildman–Crippen LogP) is 8.06. The fourth-order valence-electron chi connectivity index (χ4n) is 3.88. The average Bonchev–Trinajstić information content (AvgIpc) is 3.34. The predicted molar refractivity (Wildman–Crippen MR) is 158 cm³/mol. The van der Waals surface area contributed by atoms with Crippen LogP contribution in [0.15, 0.2) is 77.9 Å². The quantitative estimate of drug-likeness (QED) is 0.165. The van der Waals surface area contributed by atoms with Gasteiger partial charge in [0.1, 0.15) is 10.6 Å². The van der Waals surface area contributed by atoms with Gasteiger partial charge in [0.05, 0.1) is 30.3 Å². The highest BCUT2D eigenvalue weighted by Gasteiger charge is 2.20. The summed E-state index contributed by atoms with van der Waals surface area (Å²) in [4.78, 5) is 18.3. The summed E-state index contributed by atoms with van der Waals surface area (Å²) in [5.41, 5.74) is 1.45. The molecule has 5 aromatic rings. The summed E-state index contributed by atoms with van der Waals surface area (Å²) < 4.78 is 20.3. The van der Waals surface area contributed by atoms with Crippen LogP contribution in [0.4, 0.5) is 0 Å². The molecule has 194 valence electrons. The molecule has 0 N–H and O–H groups in total. The number of ether oxygens (including phenoxy) is 2. The number of methoxy groups -OCH3 is 1. The van der Waals surface area contributed by atoms with Gasteiger partial charge >= 0.3 is 0 Å². The molecule has 0 fully saturated rings. The summed E-state index contributed by atoms with van der Waals surface area (Å²) in [6, 6.07) is 16.4. The molecule has 0 saturated heterocycles. The topological polar surface area (TPSA) is 78.8 Å². The lowest BCUT2D eigenvalue weighted by molar-refractivity contribution is 0.207. The van der Waals surface area contributed by atoms with E-state index in [0.29, 0.717) is 48.8 Å². The smallest absolute Gasteiger partial charge is 0.282 e. The molecule has 0 unspecified atom stereocenters. The van der Waals surface area contributed by atoms with Gasteiger partial charge < -0.3 is 13.9 Å². The Morgan fingerprint density at radius 3 is 2.74 bits per heavy atom. The molecule has 0 aliphatic heterocycles.